The molecule has 0 saturated heterocycles. The molecule has 1 N–H and O–H groups in total. The second-order valence-electron chi connectivity index (χ2n) is 4.69. The summed E-state index contributed by atoms with van der Waals surface area (Å²) in [6.45, 7) is 3.54. The number of rotatable bonds is 3. The Labute approximate surface area is 105 Å². The molecule has 0 aliphatic heterocycles. The summed E-state index contributed by atoms with van der Waals surface area (Å²) in [5.41, 5.74) is 0.369. The van der Waals surface area contributed by atoms with Gasteiger partial charge in [-0.2, -0.15) is 0 Å². The van der Waals surface area contributed by atoms with E-state index < -0.39 is 6.10 Å². The molecule has 18 heavy (non-hydrogen) atoms. The zero-order chi connectivity index (χ0) is 13.3. The maximum Gasteiger partial charge on any atom is 0.192 e. The Balaban J connectivity index is 2.59. The quantitative estimate of drug-likeness (QED) is 0.844. The van der Waals surface area contributed by atoms with Crippen LogP contribution < -0.4 is 0 Å². The van der Waals surface area contributed by atoms with Crippen LogP contribution in [-0.2, 0) is 0 Å². The number of hydrogen-bond donors (Lipinski definition) is 1. The van der Waals surface area contributed by atoms with E-state index in [4.69, 9.17) is 0 Å². The van der Waals surface area contributed by atoms with Crippen LogP contribution in [0.15, 0.2) is 36.4 Å². The largest absolute Gasteiger partial charge is 0.385 e. The molecule has 0 aliphatic carbocycles. The summed E-state index contributed by atoms with van der Waals surface area (Å²) in [6.07, 6.45) is -1.06. The summed E-state index contributed by atoms with van der Waals surface area (Å²) in [5, 5.41) is 10.8. The van der Waals surface area contributed by atoms with Gasteiger partial charge in [-0.25, -0.2) is 4.39 Å². The van der Waals surface area contributed by atoms with E-state index in [1.807, 2.05) is 0 Å². The van der Waals surface area contributed by atoms with E-state index in [9.17, 15) is 14.3 Å². The monoisotopic (exact) mass is 246 g/mol. The highest BCUT2D eigenvalue weighted by molar-refractivity contribution is 6.10. The Morgan fingerprint density at radius 2 is 1.72 bits per heavy atom. The Kier molecular flexibility index (Phi) is 3.43. The first-order chi connectivity index (χ1) is 8.52. The third kappa shape index (κ3) is 2.14. The van der Waals surface area contributed by atoms with Gasteiger partial charge >= 0.3 is 0 Å². The first-order valence-corrected chi connectivity index (χ1v) is 5.92. The summed E-state index contributed by atoms with van der Waals surface area (Å²) >= 11 is 0. The maximum atomic E-state index is 13.6. The van der Waals surface area contributed by atoms with Crippen molar-refractivity contribution in [3.8, 4) is 0 Å². The second-order valence-corrected chi connectivity index (χ2v) is 4.69. The smallest absolute Gasteiger partial charge is 0.192 e. The van der Waals surface area contributed by atoms with Gasteiger partial charge in [0.2, 0.25) is 0 Å². The highest BCUT2D eigenvalue weighted by Crippen LogP contribution is 2.24. The van der Waals surface area contributed by atoms with E-state index in [0.717, 1.165) is 0 Å². The van der Waals surface area contributed by atoms with Gasteiger partial charge in [0.15, 0.2) is 5.78 Å². The fraction of sp³-hybridized carbons (Fsp3) is 0.267. The molecule has 0 aliphatic rings. The van der Waals surface area contributed by atoms with Gasteiger partial charge in [0.25, 0.3) is 0 Å². The molecule has 94 valence electrons. The Hall–Kier alpha value is -1.74. The number of Topliss-reactive ketones (excluding diaryl/α,β-unsaturated/α-hetero) is 1. The van der Waals surface area contributed by atoms with Crippen molar-refractivity contribution in [2.24, 2.45) is 5.92 Å². The number of hydrogen-bond acceptors (Lipinski definition) is 2. The summed E-state index contributed by atoms with van der Waals surface area (Å²) in [5.74, 6) is -0.885. The standard InChI is InChI=1S/C15H15FO2/c1-9(2)14(17)15(18)12-7-8-13(16)11-6-4-3-5-10(11)12/h3-9,14,17H,1-2H3. The SMILES string of the molecule is CC(C)C(O)C(=O)c1ccc(F)c2ccccc12. The first-order valence-electron chi connectivity index (χ1n) is 5.92. The summed E-state index contributed by atoms with van der Waals surface area (Å²) in [6, 6.07) is 9.50. The lowest BCUT2D eigenvalue weighted by molar-refractivity contribution is 0.0649. The lowest BCUT2D eigenvalue weighted by atomic mass is 9.94. The molecule has 2 rings (SSSR count). The van der Waals surface area contributed by atoms with Crippen LogP contribution >= 0.6 is 0 Å². The van der Waals surface area contributed by atoms with Crippen LogP contribution in [0.1, 0.15) is 24.2 Å². The predicted molar refractivity (Wildman–Crippen MR) is 69.1 cm³/mol. The molecule has 0 saturated carbocycles. The fourth-order valence-corrected chi connectivity index (χ4v) is 1.94. The highest BCUT2D eigenvalue weighted by atomic mass is 19.1. The molecular formula is C15H15FO2. The van der Waals surface area contributed by atoms with Gasteiger partial charge in [-0.1, -0.05) is 38.1 Å². The van der Waals surface area contributed by atoms with Crippen LogP contribution in [0, 0.1) is 11.7 Å². The topological polar surface area (TPSA) is 37.3 Å². The second kappa shape index (κ2) is 4.86. The minimum atomic E-state index is -1.06. The zero-order valence-electron chi connectivity index (χ0n) is 10.4. The van der Waals surface area contributed by atoms with Gasteiger partial charge < -0.3 is 5.11 Å². The van der Waals surface area contributed by atoms with Crippen molar-refractivity contribution in [3.05, 3.63) is 47.8 Å². The van der Waals surface area contributed by atoms with E-state index in [0.29, 0.717) is 16.3 Å². The van der Waals surface area contributed by atoms with Crippen LogP contribution in [0.25, 0.3) is 10.8 Å². The zero-order valence-corrected chi connectivity index (χ0v) is 10.4. The molecule has 3 heteroatoms. The van der Waals surface area contributed by atoms with Gasteiger partial charge in [0.05, 0.1) is 0 Å². The third-order valence-electron chi connectivity index (χ3n) is 3.04. The van der Waals surface area contributed by atoms with Crippen molar-refractivity contribution in [2.45, 2.75) is 20.0 Å². The summed E-state index contributed by atoms with van der Waals surface area (Å²) < 4.78 is 13.6. The molecule has 2 nitrogen and oxygen atoms in total. The van der Waals surface area contributed by atoms with Crippen molar-refractivity contribution in [1.29, 1.82) is 0 Å². The molecule has 1 unspecified atom stereocenters. The van der Waals surface area contributed by atoms with Crippen molar-refractivity contribution in [3.63, 3.8) is 0 Å². The predicted octanol–water partition coefficient (Wildman–Crippen LogP) is 3.18. The molecule has 0 heterocycles. The lowest BCUT2D eigenvalue weighted by Crippen LogP contribution is -2.26. The van der Waals surface area contributed by atoms with Crippen molar-refractivity contribution in [1.82, 2.24) is 0 Å². The van der Waals surface area contributed by atoms with E-state index in [1.165, 1.54) is 12.1 Å². The molecule has 0 bridgehead atoms. The van der Waals surface area contributed by atoms with E-state index >= 15 is 0 Å². The van der Waals surface area contributed by atoms with Gasteiger partial charge in [0.1, 0.15) is 11.9 Å². The molecule has 0 spiro atoms. The lowest BCUT2D eigenvalue weighted by Gasteiger charge is -2.14. The first kappa shape index (κ1) is 12.7. The normalized spacial score (nSPS) is 12.9. The number of halogens is 1. The van der Waals surface area contributed by atoms with Crippen LogP contribution in [0.5, 0.6) is 0 Å². The number of aliphatic hydroxyl groups excluding tert-OH is 1. The average molecular weight is 246 g/mol. The van der Waals surface area contributed by atoms with E-state index in [1.54, 1.807) is 38.1 Å². The average Bonchev–Trinajstić information content (AvgIpc) is 2.38. The summed E-state index contributed by atoms with van der Waals surface area (Å²) in [7, 11) is 0. The number of aliphatic hydroxyl groups is 1. The third-order valence-corrected chi connectivity index (χ3v) is 3.04. The van der Waals surface area contributed by atoms with E-state index in [2.05, 4.69) is 0 Å². The van der Waals surface area contributed by atoms with Crippen LogP contribution in [0.3, 0.4) is 0 Å². The van der Waals surface area contributed by atoms with Crippen LogP contribution in [-0.4, -0.2) is 17.0 Å². The maximum absolute atomic E-state index is 13.6. The molecule has 1 atom stereocenters. The van der Waals surface area contributed by atoms with Gasteiger partial charge in [-0.15, -0.1) is 0 Å². The number of benzene rings is 2. The van der Waals surface area contributed by atoms with E-state index in [-0.39, 0.29) is 17.5 Å². The Morgan fingerprint density at radius 1 is 1.11 bits per heavy atom. The molecule has 0 aromatic heterocycles. The number of fused-ring (bicyclic) bond motifs is 1. The molecular weight excluding hydrogens is 231 g/mol. The summed E-state index contributed by atoms with van der Waals surface area (Å²) in [4.78, 5) is 12.1. The van der Waals surface area contributed by atoms with Crippen molar-refractivity contribution in [2.75, 3.05) is 0 Å². The fourth-order valence-electron chi connectivity index (χ4n) is 1.94. The number of ketones is 1. The van der Waals surface area contributed by atoms with Gasteiger partial charge in [-0.05, 0) is 23.4 Å². The van der Waals surface area contributed by atoms with Crippen molar-refractivity contribution >= 4 is 16.6 Å². The van der Waals surface area contributed by atoms with Crippen LogP contribution in [0.2, 0.25) is 0 Å². The number of carbonyl (C=O) groups excluding carboxylic acids is 1. The molecule has 0 radical (unpaired) electrons. The molecule has 2 aromatic rings. The Morgan fingerprint density at radius 3 is 2.33 bits per heavy atom. The molecule has 0 fully saturated rings. The van der Waals surface area contributed by atoms with Gasteiger partial charge in [0, 0.05) is 10.9 Å². The molecule has 0 amide bonds. The minimum absolute atomic E-state index is 0.165. The highest BCUT2D eigenvalue weighted by Gasteiger charge is 2.22. The van der Waals surface area contributed by atoms with Crippen molar-refractivity contribution < 1.29 is 14.3 Å². The van der Waals surface area contributed by atoms with Gasteiger partial charge in [-0.3, -0.25) is 4.79 Å². The van der Waals surface area contributed by atoms with Crippen LogP contribution in [0.4, 0.5) is 4.39 Å². The Bertz CT molecular complexity index is 590. The minimum Gasteiger partial charge on any atom is -0.385 e. The molecule has 2 aromatic carbocycles. The number of carbonyl (C=O) groups is 1.